The van der Waals surface area contributed by atoms with Crippen molar-refractivity contribution in [2.45, 2.75) is 24.7 Å². The van der Waals surface area contributed by atoms with Crippen LogP contribution in [0.2, 0.25) is 0 Å². The van der Waals surface area contributed by atoms with Gasteiger partial charge in [0, 0.05) is 52.2 Å². The average molecular weight is 839 g/mol. The Morgan fingerprint density at radius 3 is 1.02 bits per heavy atom. The van der Waals surface area contributed by atoms with E-state index < -0.39 is 47.0 Å². The zero-order chi connectivity index (χ0) is 40.8. The number of fused-ring (bicyclic) bond motifs is 11. The minimum absolute atomic E-state index is 0.0777. The fourth-order valence-electron chi connectivity index (χ4n) is 8.17. The molecule has 0 N–H and O–H groups in total. The number of thiophene rings is 2. The summed E-state index contributed by atoms with van der Waals surface area (Å²) < 4.78 is 171. The zero-order valence-electron chi connectivity index (χ0n) is 28.7. The summed E-state index contributed by atoms with van der Waals surface area (Å²) in [6, 6.07) is 23.9. The Bertz CT molecular complexity index is 2940. The van der Waals surface area contributed by atoms with Crippen molar-refractivity contribution in [2.75, 3.05) is 0 Å². The van der Waals surface area contributed by atoms with Crippen LogP contribution in [0.1, 0.15) is 43.1 Å². The van der Waals surface area contributed by atoms with Gasteiger partial charge in [0.2, 0.25) is 0 Å². The van der Waals surface area contributed by atoms with Crippen molar-refractivity contribution < 1.29 is 52.7 Å². The lowest BCUT2D eigenvalue weighted by Crippen LogP contribution is -2.14. The van der Waals surface area contributed by atoms with Gasteiger partial charge in [-0.05, 0) is 116 Å². The molecule has 0 saturated carbocycles. The molecule has 0 unspecified atom stereocenters. The van der Waals surface area contributed by atoms with Crippen molar-refractivity contribution in [1.82, 2.24) is 0 Å². The summed E-state index contributed by atoms with van der Waals surface area (Å²) >= 11 is 2.43. The van der Waals surface area contributed by atoms with E-state index in [1.807, 2.05) is 0 Å². The summed E-state index contributed by atoms with van der Waals surface area (Å²) in [5, 5.41) is 3.15. The third kappa shape index (κ3) is 5.58. The molecule has 0 spiro atoms. The van der Waals surface area contributed by atoms with E-state index in [2.05, 4.69) is 0 Å². The van der Waals surface area contributed by atoms with Crippen molar-refractivity contribution in [3.05, 3.63) is 163 Å². The Morgan fingerprint density at radius 1 is 0.362 bits per heavy atom. The van der Waals surface area contributed by atoms with E-state index in [1.165, 1.54) is 22.7 Å². The second-order valence-corrected chi connectivity index (χ2v) is 16.2. The van der Waals surface area contributed by atoms with Crippen LogP contribution in [0.25, 0.3) is 64.3 Å². The smallest absolute Gasteiger partial charge is 0.166 e. The minimum atomic E-state index is -5.10. The molecule has 14 heteroatoms. The number of benzene rings is 6. The van der Waals surface area contributed by atoms with Crippen LogP contribution in [0.15, 0.2) is 109 Å². The third-order valence-corrected chi connectivity index (χ3v) is 13.0. The van der Waals surface area contributed by atoms with E-state index in [4.69, 9.17) is 0 Å². The molecule has 0 bridgehead atoms. The molecular formula is C44H18F12S2. The summed E-state index contributed by atoms with van der Waals surface area (Å²) in [6.45, 7) is 0. The van der Waals surface area contributed by atoms with Crippen molar-refractivity contribution in [3.8, 4) is 22.3 Å². The first kappa shape index (κ1) is 36.7. The molecule has 0 fully saturated rings. The first-order chi connectivity index (χ1) is 27.3. The number of hydrogen-bond donors (Lipinski definition) is 0. The fourth-order valence-corrected chi connectivity index (χ4v) is 10.8. The molecule has 6 aromatic carbocycles. The van der Waals surface area contributed by atoms with Gasteiger partial charge in [0.25, 0.3) is 0 Å². The van der Waals surface area contributed by atoms with Gasteiger partial charge in [-0.2, -0.15) is 52.7 Å². The van der Waals surface area contributed by atoms with Crippen LogP contribution in [-0.2, 0) is 24.7 Å². The van der Waals surface area contributed by atoms with Gasteiger partial charge < -0.3 is 0 Å². The predicted octanol–water partition coefficient (Wildman–Crippen LogP) is 13.8. The highest BCUT2D eigenvalue weighted by molar-refractivity contribution is 7.21. The molecule has 8 aromatic rings. The van der Waals surface area contributed by atoms with Crippen LogP contribution < -0.4 is 10.4 Å². The number of hydrogen-bond acceptors (Lipinski definition) is 2. The zero-order valence-corrected chi connectivity index (χ0v) is 30.4. The van der Waals surface area contributed by atoms with Gasteiger partial charge in [0.05, 0.1) is 22.3 Å². The lowest BCUT2D eigenvalue weighted by Gasteiger charge is -2.15. The summed E-state index contributed by atoms with van der Waals surface area (Å²) in [5.74, 6) is 0. The molecule has 0 radical (unpaired) electrons. The molecule has 0 nitrogen and oxygen atoms in total. The maximum absolute atomic E-state index is 14.2. The van der Waals surface area contributed by atoms with E-state index in [0.717, 1.165) is 9.40 Å². The van der Waals surface area contributed by atoms with Gasteiger partial charge in [-0.25, -0.2) is 0 Å². The van der Waals surface area contributed by atoms with Crippen LogP contribution in [0, 0.1) is 0 Å². The predicted molar refractivity (Wildman–Crippen MR) is 201 cm³/mol. The summed E-state index contributed by atoms with van der Waals surface area (Å²) in [7, 11) is 0. The lowest BCUT2D eigenvalue weighted by molar-refractivity contribution is -0.144. The van der Waals surface area contributed by atoms with Gasteiger partial charge in [-0.1, -0.05) is 36.4 Å². The highest BCUT2D eigenvalue weighted by Crippen LogP contribution is 2.51. The first-order valence-electron chi connectivity index (χ1n) is 17.3. The Labute approximate surface area is 326 Å². The first-order valence-corrected chi connectivity index (χ1v) is 18.9. The van der Waals surface area contributed by atoms with Crippen LogP contribution in [-0.4, -0.2) is 0 Å². The molecule has 0 atom stereocenters. The third-order valence-electron chi connectivity index (χ3n) is 10.6. The highest BCUT2D eigenvalue weighted by atomic mass is 32.1. The molecule has 0 saturated heterocycles. The lowest BCUT2D eigenvalue weighted by atomic mass is 9.95. The van der Waals surface area contributed by atoms with Gasteiger partial charge in [0.15, 0.2) is 0 Å². The maximum Gasteiger partial charge on any atom is 0.416 e. The number of rotatable bonds is 2. The van der Waals surface area contributed by atoms with Gasteiger partial charge in [-0.3, -0.25) is 0 Å². The molecule has 58 heavy (non-hydrogen) atoms. The number of alkyl halides is 12. The Hall–Kier alpha value is -5.60. The van der Waals surface area contributed by atoms with Crippen LogP contribution in [0.5, 0.6) is 0 Å². The van der Waals surface area contributed by atoms with E-state index in [9.17, 15) is 52.7 Å². The topological polar surface area (TPSA) is 0 Å². The van der Waals surface area contributed by atoms with E-state index in [0.29, 0.717) is 88.3 Å². The van der Waals surface area contributed by atoms with Crippen LogP contribution >= 0.6 is 22.7 Å². The van der Waals surface area contributed by atoms with Crippen molar-refractivity contribution in [2.24, 2.45) is 0 Å². The molecule has 0 aliphatic heterocycles. The Kier molecular flexibility index (Phi) is 7.58. The molecule has 290 valence electrons. The van der Waals surface area contributed by atoms with Gasteiger partial charge in [-0.15, -0.1) is 22.7 Å². The largest absolute Gasteiger partial charge is 0.416 e. The van der Waals surface area contributed by atoms with Crippen LogP contribution in [0.4, 0.5) is 52.7 Å². The molecule has 10 rings (SSSR count). The van der Waals surface area contributed by atoms with Gasteiger partial charge >= 0.3 is 24.7 Å². The highest BCUT2D eigenvalue weighted by Gasteiger charge is 2.40. The van der Waals surface area contributed by atoms with Crippen molar-refractivity contribution in [1.29, 1.82) is 0 Å². The van der Waals surface area contributed by atoms with Gasteiger partial charge in [0.1, 0.15) is 0 Å². The summed E-state index contributed by atoms with van der Waals surface area (Å²) in [6.07, 6.45) is -20.4. The molecule has 2 aromatic heterocycles. The molecule has 2 heterocycles. The van der Waals surface area contributed by atoms with Crippen molar-refractivity contribution >= 4 is 64.8 Å². The minimum Gasteiger partial charge on any atom is -0.166 e. The average Bonchev–Trinajstić information content (AvgIpc) is 3.87. The Balaban J connectivity index is 1.33. The fraction of sp³-hybridized carbons (Fsp3) is 0.0909. The molecule has 2 aliphatic rings. The monoisotopic (exact) mass is 838 g/mol. The van der Waals surface area contributed by atoms with E-state index in [-0.39, 0.29) is 34.4 Å². The Morgan fingerprint density at radius 2 is 0.690 bits per heavy atom. The molecule has 2 aliphatic carbocycles. The molecular weight excluding hydrogens is 821 g/mol. The second-order valence-electron chi connectivity index (χ2n) is 14.1. The quantitative estimate of drug-likeness (QED) is 0.152. The maximum atomic E-state index is 14.2. The molecule has 0 amide bonds. The van der Waals surface area contributed by atoms with Crippen molar-refractivity contribution in [3.63, 3.8) is 0 Å². The second kappa shape index (κ2) is 12.0. The summed E-state index contributed by atoms with van der Waals surface area (Å²) in [5.41, 5.74) is -3.96. The van der Waals surface area contributed by atoms with E-state index >= 15 is 0 Å². The van der Waals surface area contributed by atoms with E-state index in [1.54, 1.807) is 72.8 Å². The normalized spacial score (nSPS) is 14.1. The SMILES string of the molecule is FC(F)(F)c1cc(C2=c3cc4cc5c(cc4cc3-c3c2sc2ccccc32)=C(c2cc(C(F)(F)F)cc(C(F)(F)F)c2)c2sc3ccccc3c2-5)cc(C(F)(F)F)c1. The number of halogens is 12. The van der Waals surface area contributed by atoms with Crippen LogP contribution in [0.3, 0.4) is 0 Å². The standard InChI is InChI=1S/C44H18F12S2/c45-41(46,47)23-9-21(10-24(17-23)42(48,49)50)35-29-13-20-16-32-30(14-19(20)15-31(29)37-27-5-1-3-7-33(27)57-39(35)37)36(40-38(32)28-6-2-4-8-34(28)58-40)22-11-25(43(51,52)53)18-26(12-22)44(54,55)56/h1-18H. The summed E-state index contributed by atoms with van der Waals surface area (Å²) in [4.78, 5) is 0.905.